The van der Waals surface area contributed by atoms with Crippen LogP contribution in [0.5, 0.6) is 11.5 Å². The van der Waals surface area contributed by atoms with E-state index >= 15 is 0 Å². The predicted octanol–water partition coefficient (Wildman–Crippen LogP) is -0.814. The van der Waals surface area contributed by atoms with E-state index in [1.807, 2.05) is 9.80 Å². The molecule has 36 heavy (non-hydrogen) atoms. The number of benzene rings is 1. The van der Waals surface area contributed by atoms with Crippen molar-refractivity contribution in [2.75, 3.05) is 49.2 Å². The van der Waals surface area contributed by atoms with Crippen LogP contribution < -0.4 is 30.5 Å². The van der Waals surface area contributed by atoms with Crippen LogP contribution in [0.2, 0.25) is 0 Å². The number of aromatic amines is 1. The van der Waals surface area contributed by atoms with Crippen molar-refractivity contribution in [3.05, 3.63) is 39.0 Å². The van der Waals surface area contributed by atoms with E-state index in [9.17, 15) is 19.2 Å². The number of H-pyrrole nitrogens is 1. The number of ether oxygens (including phenoxy) is 2. The van der Waals surface area contributed by atoms with Crippen LogP contribution in [0.3, 0.4) is 0 Å². The molecule has 1 atom stereocenters. The third kappa shape index (κ3) is 3.38. The zero-order valence-electron chi connectivity index (χ0n) is 19.9. The molecule has 188 valence electrons. The predicted molar refractivity (Wildman–Crippen MR) is 129 cm³/mol. The molecule has 0 spiro atoms. The third-order valence-electron chi connectivity index (χ3n) is 7.04. The molecule has 3 aliphatic heterocycles. The molecular weight excluding hydrogens is 470 g/mol. The molecule has 2 aromatic heterocycles. The van der Waals surface area contributed by atoms with Crippen molar-refractivity contribution in [2.24, 2.45) is 14.1 Å². The van der Waals surface area contributed by atoms with Gasteiger partial charge in [0.15, 0.2) is 22.7 Å². The van der Waals surface area contributed by atoms with Crippen LogP contribution in [-0.2, 0) is 23.7 Å². The van der Waals surface area contributed by atoms with Crippen LogP contribution in [0.15, 0.2) is 27.8 Å². The zero-order chi connectivity index (χ0) is 25.1. The standard InChI is InChI=1S/C23H25N7O6/c1-26-19-18(21(33)27(2)23(26)34)24-22(25-19)29-7-5-28(6-8-29)14-12-17(31)30(20(14)32)13-3-4-15-16(11-13)36-10-9-35-15/h3-4,11,14H,5-10,12H2,1-2H3,(H,24,25). The second-order valence-corrected chi connectivity index (χ2v) is 9.10. The maximum absolute atomic E-state index is 13.3. The van der Waals surface area contributed by atoms with Gasteiger partial charge in [0.05, 0.1) is 18.2 Å². The summed E-state index contributed by atoms with van der Waals surface area (Å²) in [6, 6.07) is 4.54. The van der Waals surface area contributed by atoms with E-state index < -0.39 is 17.3 Å². The molecule has 6 rings (SSSR count). The first-order chi connectivity index (χ1) is 17.3. The Kier molecular flexibility index (Phi) is 5.10. The van der Waals surface area contributed by atoms with Crippen molar-refractivity contribution in [3.63, 3.8) is 0 Å². The number of aromatic nitrogens is 4. The summed E-state index contributed by atoms with van der Waals surface area (Å²) in [6.45, 7) is 3.03. The molecule has 5 heterocycles. The van der Waals surface area contributed by atoms with Crippen molar-refractivity contribution < 1.29 is 19.1 Å². The second-order valence-electron chi connectivity index (χ2n) is 9.10. The summed E-state index contributed by atoms with van der Waals surface area (Å²) in [4.78, 5) is 63.5. The van der Waals surface area contributed by atoms with Gasteiger partial charge in [-0.25, -0.2) is 9.69 Å². The minimum Gasteiger partial charge on any atom is -0.486 e. The average molecular weight is 495 g/mol. The maximum Gasteiger partial charge on any atom is 0.332 e. The van der Waals surface area contributed by atoms with Gasteiger partial charge in [0.2, 0.25) is 11.9 Å². The average Bonchev–Trinajstić information content (AvgIpc) is 3.47. The number of nitrogens with one attached hydrogen (secondary N) is 1. The highest BCUT2D eigenvalue weighted by atomic mass is 16.6. The number of imidazole rings is 1. The van der Waals surface area contributed by atoms with Crippen LogP contribution in [0.1, 0.15) is 6.42 Å². The lowest BCUT2D eigenvalue weighted by atomic mass is 10.2. The van der Waals surface area contributed by atoms with Gasteiger partial charge in [-0.3, -0.25) is 28.4 Å². The van der Waals surface area contributed by atoms with Crippen LogP contribution in [-0.4, -0.2) is 81.3 Å². The van der Waals surface area contributed by atoms with E-state index in [-0.39, 0.29) is 23.8 Å². The molecule has 3 aromatic rings. The fourth-order valence-corrected chi connectivity index (χ4v) is 5.05. The largest absolute Gasteiger partial charge is 0.486 e. The van der Waals surface area contributed by atoms with Gasteiger partial charge in [-0.15, -0.1) is 0 Å². The monoisotopic (exact) mass is 495 g/mol. The molecule has 0 radical (unpaired) electrons. The summed E-state index contributed by atoms with van der Waals surface area (Å²) in [5.74, 6) is 1.11. The van der Waals surface area contributed by atoms with Crippen molar-refractivity contribution >= 4 is 34.6 Å². The first-order valence-corrected chi connectivity index (χ1v) is 11.7. The number of nitrogens with zero attached hydrogens (tertiary/aromatic N) is 6. The van der Waals surface area contributed by atoms with E-state index in [2.05, 4.69) is 9.97 Å². The number of fused-ring (bicyclic) bond motifs is 2. The highest BCUT2D eigenvalue weighted by Crippen LogP contribution is 2.36. The molecule has 0 bridgehead atoms. The Morgan fingerprint density at radius 1 is 0.944 bits per heavy atom. The molecular formula is C23H25N7O6. The number of aryl methyl sites for hydroxylation is 1. The molecule has 1 aromatic carbocycles. The number of amides is 2. The molecule has 3 aliphatic rings. The molecule has 2 saturated heterocycles. The lowest BCUT2D eigenvalue weighted by Crippen LogP contribution is -2.52. The van der Waals surface area contributed by atoms with Gasteiger partial charge in [0.1, 0.15) is 13.2 Å². The lowest BCUT2D eigenvalue weighted by molar-refractivity contribution is -0.123. The van der Waals surface area contributed by atoms with Crippen molar-refractivity contribution in [1.82, 2.24) is 24.0 Å². The summed E-state index contributed by atoms with van der Waals surface area (Å²) in [6.07, 6.45) is 0.107. The maximum atomic E-state index is 13.3. The second kappa shape index (κ2) is 8.22. The number of hydrogen-bond acceptors (Lipinski definition) is 9. The molecule has 0 aliphatic carbocycles. The Morgan fingerprint density at radius 3 is 2.42 bits per heavy atom. The van der Waals surface area contributed by atoms with Gasteiger partial charge >= 0.3 is 5.69 Å². The Balaban J connectivity index is 1.18. The summed E-state index contributed by atoms with van der Waals surface area (Å²) in [7, 11) is 3.00. The van der Waals surface area contributed by atoms with Crippen LogP contribution in [0, 0.1) is 0 Å². The molecule has 1 N–H and O–H groups in total. The van der Waals surface area contributed by atoms with Crippen molar-refractivity contribution in [3.8, 4) is 11.5 Å². The van der Waals surface area contributed by atoms with Gasteiger partial charge in [-0.1, -0.05) is 0 Å². The first-order valence-electron chi connectivity index (χ1n) is 11.7. The van der Waals surface area contributed by atoms with Crippen molar-refractivity contribution in [2.45, 2.75) is 12.5 Å². The SMILES string of the molecule is Cn1c(=O)c2[nH]c(N3CCN(C4CC(=O)N(c5ccc6c(c5)OCCO6)C4=O)CC3)nc2n(C)c1=O. The summed E-state index contributed by atoms with van der Waals surface area (Å²) >= 11 is 0. The Labute approximate surface area is 204 Å². The summed E-state index contributed by atoms with van der Waals surface area (Å²) < 4.78 is 13.5. The summed E-state index contributed by atoms with van der Waals surface area (Å²) in [5, 5.41) is 0. The summed E-state index contributed by atoms with van der Waals surface area (Å²) in [5.41, 5.74) is 0.169. The fourth-order valence-electron chi connectivity index (χ4n) is 5.05. The number of rotatable bonds is 3. The number of hydrogen-bond donors (Lipinski definition) is 1. The van der Waals surface area contributed by atoms with Gasteiger partial charge in [0.25, 0.3) is 11.5 Å². The zero-order valence-corrected chi connectivity index (χ0v) is 19.9. The number of anilines is 2. The molecule has 13 heteroatoms. The Bertz CT molecular complexity index is 1510. The van der Waals surface area contributed by atoms with E-state index in [1.54, 1.807) is 25.2 Å². The molecule has 13 nitrogen and oxygen atoms in total. The first kappa shape index (κ1) is 22.3. The van der Waals surface area contributed by atoms with Gasteiger partial charge in [-0.2, -0.15) is 4.98 Å². The van der Waals surface area contributed by atoms with E-state index in [1.165, 1.54) is 16.5 Å². The van der Waals surface area contributed by atoms with Gasteiger partial charge in [-0.05, 0) is 12.1 Å². The number of carbonyl (C=O) groups is 2. The van der Waals surface area contributed by atoms with Crippen LogP contribution in [0.25, 0.3) is 11.2 Å². The van der Waals surface area contributed by atoms with E-state index in [0.29, 0.717) is 68.2 Å². The number of piperazine rings is 1. The molecule has 0 saturated carbocycles. The van der Waals surface area contributed by atoms with Gasteiger partial charge in [0, 0.05) is 46.3 Å². The Morgan fingerprint density at radius 2 is 1.67 bits per heavy atom. The quantitative estimate of drug-likeness (QED) is 0.463. The molecule has 2 fully saturated rings. The smallest absolute Gasteiger partial charge is 0.332 e. The lowest BCUT2D eigenvalue weighted by Gasteiger charge is -2.36. The minimum atomic E-state index is -0.545. The van der Waals surface area contributed by atoms with Crippen molar-refractivity contribution in [1.29, 1.82) is 0 Å². The normalized spacial score (nSPS) is 20.6. The number of carbonyl (C=O) groups excluding carboxylic acids is 2. The molecule has 2 amide bonds. The number of imide groups is 1. The van der Waals surface area contributed by atoms with Crippen LogP contribution in [0.4, 0.5) is 11.6 Å². The minimum absolute atomic E-state index is 0.107. The highest BCUT2D eigenvalue weighted by Gasteiger charge is 2.43. The Hall–Kier alpha value is -4.13. The third-order valence-corrected chi connectivity index (χ3v) is 7.04. The van der Waals surface area contributed by atoms with Gasteiger partial charge < -0.3 is 19.4 Å². The topological polar surface area (TPSA) is 135 Å². The van der Waals surface area contributed by atoms with E-state index in [0.717, 1.165) is 4.57 Å². The van der Waals surface area contributed by atoms with Crippen LogP contribution >= 0.6 is 0 Å². The fraction of sp³-hybridized carbons (Fsp3) is 0.435. The molecule has 1 unspecified atom stereocenters. The highest BCUT2D eigenvalue weighted by molar-refractivity contribution is 6.22. The van der Waals surface area contributed by atoms with E-state index in [4.69, 9.17) is 9.47 Å².